The number of hydrazine groups is 1. The first-order valence-corrected chi connectivity index (χ1v) is 7.91. The van der Waals surface area contributed by atoms with Gasteiger partial charge in [0.1, 0.15) is 18.6 Å². The maximum Gasteiger partial charge on any atom is 0.110 e. The SMILES string of the molecule is Cc1ccc(/C=C2\CCC(C)(C)C2(O)CN2C=NCN2)cc1. The van der Waals surface area contributed by atoms with Crippen LogP contribution in [0.1, 0.15) is 37.8 Å². The number of nitrogens with zero attached hydrogens (tertiary/aromatic N) is 2. The van der Waals surface area contributed by atoms with Crippen molar-refractivity contribution in [3.63, 3.8) is 0 Å². The van der Waals surface area contributed by atoms with Crippen molar-refractivity contribution in [2.45, 2.75) is 39.2 Å². The summed E-state index contributed by atoms with van der Waals surface area (Å²) in [5.74, 6) is 0. The van der Waals surface area contributed by atoms with Gasteiger partial charge in [-0.05, 0) is 36.3 Å². The predicted octanol–water partition coefficient (Wildman–Crippen LogP) is 2.74. The number of aliphatic hydroxyl groups is 1. The molecule has 2 aliphatic rings. The molecule has 1 aliphatic carbocycles. The fourth-order valence-electron chi connectivity index (χ4n) is 3.32. The van der Waals surface area contributed by atoms with Crippen LogP contribution >= 0.6 is 0 Å². The van der Waals surface area contributed by atoms with Crippen LogP contribution in [0.15, 0.2) is 34.8 Å². The highest BCUT2D eigenvalue weighted by molar-refractivity contribution is 5.59. The van der Waals surface area contributed by atoms with Crippen molar-refractivity contribution in [1.29, 1.82) is 0 Å². The number of benzene rings is 1. The Morgan fingerprint density at radius 3 is 2.68 bits per heavy atom. The Balaban J connectivity index is 1.91. The predicted molar refractivity (Wildman–Crippen MR) is 90.3 cm³/mol. The van der Waals surface area contributed by atoms with E-state index in [1.807, 2.05) is 5.01 Å². The topological polar surface area (TPSA) is 47.9 Å². The minimum Gasteiger partial charge on any atom is -0.383 e. The molecule has 0 saturated heterocycles. The zero-order valence-electron chi connectivity index (χ0n) is 13.6. The second-order valence-corrected chi connectivity index (χ2v) is 7.07. The van der Waals surface area contributed by atoms with Crippen molar-refractivity contribution in [1.82, 2.24) is 10.4 Å². The van der Waals surface area contributed by atoms with Crippen LogP contribution in [0.2, 0.25) is 0 Å². The average Bonchev–Trinajstić information content (AvgIpc) is 3.04. The summed E-state index contributed by atoms with van der Waals surface area (Å²) in [5, 5.41) is 13.3. The Morgan fingerprint density at radius 1 is 1.32 bits per heavy atom. The molecule has 0 aromatic heterocycles. The molecule has 118 valence electrons. The zero-order chi connectivity index (χ0) is 15.8. The summed E-state index contributed by atoms with van der Waals surface area (Å²) in [6.07, 6.45) is 5.85. The van der Waals surface area contributed by atoms with Gasteiger partial charge in [0.15, 0.2) is 0 Å². The summed E-state index contributed by atoms with van der Waals surface area (Å²) in [7, 11) is 0. The van der Waals surface area contributed by atoms with Crippen LogP contribution in [0, 0.1) is 12.3 Å². The molecule has 1 heterocycles. The number of hydrogen-bond donors (Lipinski definition) is 2. The Morgan fingerprint density at radius 2 is 2.05 bits per heavy atom. The molecule has 22 heavy (non-hydrogen) atoms. The molecular weight excluding hydrogens is 274 g/mol. The lowest BCUT2D eigenvalue weighted by molar-refractivity contribution is -0.0321. The fourth-order valence-corrected chi connectivity index (χ4v) is 3.32. The molecule has 4 heteroatoms. The molecule has 1 saturated carbocycles. The first-order valence-electron chi connectivity index (χ1n) is 7.91. The van der Waals surface area contributed by atoms with Gasteiger partial charge in [0, 0.05) is 0 Å². The third-order valence-electron chi connectivity index (χ3n) is 5.07. The van der Waals surface area contributed by atoms with Crippen molar-refractivity contribution in [2.75, 3.05) is 13.2 Å². The monoisotopic (exact) mass is 299 g/mol. The fraction of sp³-hybridized carbons (Fsp3) is 0.500. The first kappa shape index (κ1) is 15.3. The third-order valence-corrected chi connectivity index (χ3v) is 5.07. The molecule has 1 unspecified atom stereocenters. The van der Waals surface area contributed by atoms with E-state index in [4.69, 9.17) is 0 Å². The molecule has 1 fully saturated rings. The molecule has 1 aromatic carbocycles. The normalized spacial score (nSPS) is 28.7. The first-order chi connectivity index (χ1) is 10.4. The summed E-state index contributed by atoms with van der Waals surface area (Å²) < 4.78 is 0. The van der Waals surface area contributed by atoms with Crippen LogP contribution in [0.25, 0.3) is 6.08 Å². The van der Waals surface area contributed by atoms with Gasteiger partial charge in [0.25, 0.3) is 0 Å². The van der Waals surface area contributed by atoms with Gasteiger partial charge in [-0.25, -0.2) is 5.43 Å². The van der Waals surface area contributed by atoms with Crippen LogP contribution < -0.4 is 5.43 Å². The minimum absolute atomic E-state index is 0.151. The Kier molecular flexibility index (Phi) is 3.83. The van der Waals surface area contributed by atoms with Gasteiger partial charge in [-0.15, -0.1) is 0 Å². The molecule has 0 spiro atoms. The molecule has 4 nitrogen and oxygen atoms in total. The van der Waals surface area contributed by atoms with Gasteiger partial charge in [-0.2, -0.15) is 0 Å². The largest absolute Gasteiger partial charge is 0.383 e. The summed E-state index contributed by atoms with van der Waals surface area (Å²) in [4.78, 5) is 4.16. The van der Waals surface area contributed by atoms with Gasteiger partial charge in [0.05, 0.1) is 6.54 Å². The highest BCUT2D eigenvalue weighted by Gasteiger charge is 2.51. The Bertz CT molecular complexity index is 603. The van der Waals surface area contributed by atoms with E-state index in [2.05, 4.69) is 61.5 Å². The van der Waals surface area contributed by atoms with Crippen molar-refractivity contribution in [2.24, 2.45) is 10.4 Å². The van der Waals surface area contributed by atoms with Crippen LogP contribution in [0.5, 0.6) is 0 Å². The lowest BCUT2D eigenvalue weighted by Crippen LogP contribution is -2.52. The van der Waals surface area contributed by atoms with E-state index < -0.39 is 5.60 Å². The van der Waals surface area contributed by atoms with E-state index in [1.165, 1.54) is 5.56 Å². The quantitative estimate of drug-likeness (QED) is 0.902. The van der Waals surface area contributed by atoms with Gasteiger partial charge >= 0.3 is 0 Å². The molecule has 1 atom stereocenters. The number of rotatable bonds is 3. The lowest BCUT2D eigenvalue weighted by Gasteiger charge is -2.40. The number of nitrogens with one attached hydrogen (secondary N) is 1. The number of β-amino-alcohol motifs (C(OH)–C–C–N with tert-alkyl or cyclic N) is 1. The van der Waals surface area contributed by atoms with Gasteiger partial charge < -0.3 is 5.11 Å². The second-order valence-electron chi connectivity index (χ2n) is 7.07. The lowest BCUT2D eigenvalue weighted by atomic mass is 9.75. The second kappa shape index (κ2) is 5.52. The smallest absolute Gasteiger partial charge is 0.110 e. The Labute approximate surface area is 132 Å². The van der Waals surface area contributed by atoms with E-state index in [0.717, 1.165) is 24.0 Å². The molecular formula is C18H25N3O. The van der Waals surface area contributed by atoms with Crippen molar-refractivity contribution < 1.29 is 5.11 Å². The molecule has 0 radical (unpaired) electrons. The van der Waals surface area contributed by atoms with E-state index in [1.54, 1.807) is 6.34 Å². The summed E-state index contributed by atoms with van der Waals surface area (Å²) >= 11 is 0. The van der Waals surface area contributed by atoms with Crippen molar-refractivity contribution >= 4 is 12.4 Å². The van der Waals surface area contributed by atoms with E-state index in [0.29, 0.717) is 13.2 Å². The summed E-state index contributed by atoms with van der Waals surface area (Å²) in [6.45, 7) is 7.51. The van der Waals surface area contributed by atoms with E-state index >= 15 is 0 Å². The highest BCUT2D eigenvalue weighted by Crippen LogP contribution is 2.50. The van der Waals surface area contributed by atoms with Gasteiger partial charge in [0.2, 0.25) is 0 Å². The van der Waals surface area contributed by atoms with Crippen molar-refractivity contribution in [3.8, 4) is 0 Å². The molecule has 2 N–H and O–H groups in total. The average molecular weight is 299 g/mol. The summed E-state index contributed by atoms with van der Waals surface area (Å²) in [5.41, 5.74) is 5.68. The number of aliphatic imine (C=N–C) groups is 1. The number of aryl methyl sites for hydroxylation is 1. The molecule has 0 amide bonds. The highest BCUT2D eigenvalue weighted by atomic mass is 16.3. The Hall–Kier alpha value is -1.65. The maximum absolute atomic E-state index is 11.4. The van der Waals surface area contributed by atoms with Gasteiger partial charge in [-0.3, -0.25) is 10.0 Å². The van der Waals surface area contributed by atoms with E-state index in [-0.39, 0.29) is 5.41 Å². The molecule has 1 aliphatic heterocycles. The standard InChI is InChI=1S/C18H25N3O/c1-14-4-6-15(7-5-14)10-16-8-9-17(2,3)18(16,22)11-21-13-19-12-20-21/h4-7,10,13,20,22H,8-9,11-12H2,1-3H3/b16-10+. The van der Waals surface area contributed by atoms with Crippen LogP contribution in [0.3, 0.4) is 0 Å². The third kappa shape index (κ3) is 2.69. The number of hydrogen-bond acceptors (Lipinski definition) is 4. The zero-order valence-corrected chi connectivity index (χ0v) is 13.6. The molecule has 0 bridgehead atoms. The summed E-state index contributed by atoms with van der Waals surface area (Å²) in [6, 6.07) is 8.45. The molecule has 3 rings (SSSR count). The van der Waals surface area contributed by atoms with Crippen LogP contribution in [-0.2, 0) is 0 Å². The van der Waals surface area contributed by atoms with E-state index in [9.17, 15) is 5.11 Å². The minimum atomic E-state index is -0.846. The van der Waals surface area contributed by atoms with Crippen molar-refractivity contribution in [3.05, 3.63) is 41.0 Å². The van der Waals surface area contributed by atoms with Crippen LogP contribution in [-0.4, -0.2) is 35.3 Å². The molecule has 1 aromatic rings. The van der Waals surface area contributed by atoms with Gasteiger partial charge in [-0.1, -0.05) is 49.8 Å². The maximum atomic E-state index is 11.4. The van der Waals surface area contributed by atoms with Crippen LogP contribution in [0.4, 0.5) is 0 Å².